The third-order valence-corrected chi connectivity index (χ3v) is 5.03. The first-order valence-corrected chi connectivity index (χ1v) is 9.45. The number of hydrogen-bond acceptors (Lipinski definition) is 5. The zero-order chi connectivity index (χ0) is 19.9. The highest BCUT2D eigenvalue weighted by atomic mass is 16.5. The summed E-state index contributed by atoms with van der Waals surface area (Å²) in [7, 11) is 4.92. The molecule has 1 atom stereocenters. The van der Waals surface area contributed by atoms with Crippen molar-refractivity contribution < 1.29 is 19.0 Å². The van der Waals surface area contributed by atoms with E-state index < -0.39 is 0 Å². The maximum Gasteiger partial charge on any atom is 0.160 e. The average molecular weight is 381 g/mol. The molecule has 0 saturated heterocycles. The molecule has 2 aromatic rings. The molecule has 0 heterocycles. The van der Waals surface area contributed by atoms with Crippen molar-refractivity contribution in [3.8, 4) is 17.2 Å². The Labute approximate surface area is 166 Å². The molecule has 0 amide bonds. The topological polar surface area (TPSA) is 56.8 Å². The van der Waals surface area contributed by atoms with E-state index in [2.05, 4.69) is 11.4 Å². The number of ether oxygens (including phenoxy) is 3. The van der Waals surface area contributed by atoms with Gasteiger partial charge in [0.2, 0.25) is 0 Å². The minimum atomic E-state index is 0.160. The normalized spacial score (nSPS) is 16.3. The Bertz CT molecular complexity index is 859. The molecule has 0 radical (unpaired) electrons. The molecule has 2 aromatic carbocycles. The summed E-state index contributed by atoms with van der Waals surface area (Å²) < 4.78 is 15.9. The van der Waals surface area contributed by atoms with Gasteiger partial charge in [0.05, 0.1) is 21.3 Å². The van der Waals surface area contributed by atoms with E-state index in [1.807, 2.05) is 36.4 Å². The van der Waals surface area contributed by atoms with Crippen LogP contribution in [0.4, 0.5) is 0 Å². The molecular formula is C23H27NO4. The number of rotatable bonds is 8. The van der Waals surface area contributed by atoms with Crippen LogP contribution in [-0.2, 0) is 11.2 Å². The molecule has 148 valence electrons. The summed E-state index contributed by atoms with van der Waals surface area (Å²) >= 11 is 0. The van der Waals surface area contributed by atoms with Gasteiger partial charge in [0, 0.05) is 24.7 Å². The molecule has 0 bridgehead atoms. The van der Waals surface area contributed by atoms with Crippen molar-refractivity contribution in [1.29, 1.82) is 0 Å². The first kappa shape index (κ1) is 19.8. The lowest BCUT2D eigenvalue weighted by atomic mass is 9.85. The van der Waals surface area contributed by atoms with Gasteiger partial charge >= 0.3 is 0 Å². The summed E-state index contributed by atoms with van der Waals surface area (Å²) in [6, 6.07) is 13.9. The molecule has 28 heavy (non-hydrogen) atoms. The molecule has 1 aliphatic carbocycles. The Morgan fingerprint density at radius 1 is 0.964 bits per heavy atom. The predicted molar refractivity (Wildman–Crippen MR) is 109 cm³/mol. The van der Waals surface area contributed by atoms with Crippen LogP contribution >= 0.6 is 0 Å². The lowest BCUT2D eigenvalue weighted by molar-refractivity contribution is -0.115. The maximum absolute atomic E-state index is 12.2. The summed E-state index contributed by atoms with van der Waals surface area (Å²) in [6.07, 6.45) is 3.93. The lowest BCUT2D eigenvalue weighted by Crippen LogP contribution is -2.23. The van der Waals surface area contributed by atoms with Crippen LogP contribution in [0, 0.1) is 0 Å². The van der Waals surface area contributed by atoms with Gasteiger partial charge in [-0.25, -0.2) is 0 Å². The van der Waals surface area contributed by atoms with Gasteiger partial charge in [-0.1, -0.05) is 18.2 Å². The Kier molecular flexibility index (Phi) is 6.58. The third-order valence-electron chi connectivity index (χ3n) is 5.03. The van der Waals surface area contributed by atoms with Crippen LogP contribution in [0.1, 0.15) is 29.9 Å². The van der Waals surface area contributed by atoms with Gasteiger partial charge in [-0.15, -0.1) is 0 Å². The van der Waals surface area contributed by atoms with Crippen LogP contribution in [0.25, 0.3) is 0 Å². The summed E-state index contributed by atoms with van der Waals surface area (Å²) in [5.74, 6) is 2.61. The van der Waals surface area contributed by atoms with Crippen molar-refractivity contribution in [2.75, 3.05) is 27.9 Å². The van der Waals surface area contributed by atoms with E-state index in [4.69, 9.17) is 14.2 Å². The number of allylic oxidation sites excluding steroid dienone is 2. The fourth-order valence-electron chi connectivity index (χ4n) is 3.55. The first-order valence-electron chi connectivity index (χ1n) is 9.45. The van der Waals surface area contributed by atoms with Crippen LogP contribution in [0.5, 0.6) is 17.2 Å². The van der Waals surface area contributed by atoms with E-state index in [1.165, 1.54) is 0 Å². The highest BCUT2D eigenvalue weighted by molar-refractivity contribution is 5.92. The molecule has 1 aliphatic rings. The van der Waals surface area contributed by atoms with Crippen molar-refractivity contribution in [2.45, 2.75) is 25.2 Å². The van der Waals surface area contributed by atoms with Crippen LogP contribution in [-0.4, -0.2) is 33.7 Å². The average Bonchev–Trinajstić information content (AvgIpc) is 2.73. The van der Waals surface area contributed by atoms with Crippen LogP contribution in [0.3, 0.4) is 0 Å². The molecule has 0 saturated carbocycles. The Balaban J connectivity index is 1.60. The van der Waals surface area contributed by atoms with Gasteiger partial charge in [-0.2, -0.15) is 0 Å². The Hall–Kier alpha value is -2.95. The van der Waals surface area contributed by atoms with E-state index in [1.54, 1.807) is 27.4 Å². The molecular weight excluding hydrogens is 354 g/mol. The minimum Gasteiger partial charge on any atom is -0.497 e. The van der Waals surface area contributed by atoms with Crippen LogP contribution in [0.15, 0.2) is 54.2 Å². The molecule has 5 nitrogen and oxygen atoms in total. The monoisotopic (exact) mass is 381 g/mol. The van der Waals surface area contributed by atoms with Crippen molar-refractivity contribution in [1.82, 2.24) is 5.32 Å². The van der Waals surface area contributed by atoms with Gasteiger partial charge < -0.3 is 19.5 Å². The Morgan fingerprint density at radius 3 is 2.54 bits per heavy atom. The summed E-state index contributed by atoms with van der Waals surface area (Å²) in [4.78, 5) is 12.2. The van der Waals surface area contributed by atoms with E-state index in [0.717, 1.165) is 53.5 Å². The summed E-state index contributed by atoms with van der Waals surface area (Å²) in [5.41, 5.74) is 3.28. The molecule has 3 rings (SSSR count). The second-order valence-corrected chi connectivity index (χ2v) is 6.88. The number of benzene rings is 2. The number of carbonyl (C=O) groups excluding carboxylic acids is 1. The van der Waals surface area contributed by atoms with Crippen molar-refractivity contribution in [2.24, 2.45) is 0 Å². The highest BCUT2D eigenvalue weighted by Gasteiger charge is 2.22. The van der Waals surface area contributed by atoms with E-state index in [0.29, 0.717) is 6.42 Å². The minimum absolute atomic E-state index is 0.160. The maximum atomic E-state index is 12.2. The first-order chi connectivity index (χ1) is 13.6. The molecule has 0 spiro atoms. The SMILES string of the molecule is COc1cccc([C@@H]2CC(=O)C=C(NCCc3ccc(OC)c(OC)c3)C2)c1. The van der Waals surface area contributed by atoms with E-state index >= 15 is 0 Å². The van der Waals surface area contributed by atoms with Crippen molar-refractivity contribution in [3.63, 3.8) is 0 Å². The van der Waals surface area contributed by atoms with Crippen LogP contribution < -0.4 is 19.5 Å². The van der Waals surface area contributed by atoms with Gasteiger partial charge in [0.1, 0.15) is 5.75 Å². The molecule has 0 unspecified atom stereocenters. The fourth-order valence-corrected chi connectivity index (χ4v) is 3.55. The predicted octanol–water partition coefficient (Wildman–Crippen LogP) is 3.88. The number of ketones is 1. The molecule has 0 aliphatic heterocycles. The van der Waals surface area contributed by atoms with E-state index in [9.17, 15) is 4.79 Å². The second-order valence-electron chi connectivity index (χ2n) is 6.88. The lowest BCUT2D eigenvalue weighted by Gasteiger charge is -2.24. The summed E-state index contributed by atoms with van der Waals surface area (Å²) in [5, 5.41) is 3.43. The van der Waals surface area contributed by atoms with Gasteiger partial charge in [-0.3, -0.25) is 4.79 Å². The number of carbonyl (C=O) groups is 1. The third kappa shape index (κ3) is 4.85. The Morgan fingerprint density at radius 2 is 1.79 bits per heavy atom. The zero-order valence-corrected chi connectivity index (χ0v) is 16.7. The molecule has 5 heteroatoms. The molecule has 1 N–H and O–H groups in total. The summed E-state index contributed by atoms with van der Waals surface area (Å²) in [6.45, 7) is 0.749. The fraction of sp³-hybridized carbons (Fsp3) is 0.348. The molecule has 0 fully saturated rings. The quantitative estimate of drug-likeness (QED) is 0.752. The van der Waals surface area contributed by atoms with Crippen LogP contribution in [0.2, 0.25) is 0 Å². The smallest absolute Gasteiger partial charge is 0.160 e. The van der Waals surface area contributed by atoms with Crippen molar-refractivity contribution >= 4 is 5.78 Å². The standard InChI is InChI=1S/C23H27NO4/c1-26-21-6-4-5-17(14-21)18-12-19(15-20(25)13-18)24-10-9-16-7-8-22(27-2)23(11-16)28-3/h4-8,11,14-15,18,24H,9-10,12-13H2,1-3H3/t18-/m0/s1. The largest absolute Gasteiger partial charge is 0.497 e. The number of methoxy groups -OCH3 is 3. The highest BCUT2D eigenvalue weighted by Crippen LogP contribution is 2.32. The van der Waals surface area contributed by atoms with Gasteiger partial charge in [0.15, 0.2) is 17.3 Å². The van der Waals surface area contributed by atoms with Gasteiger partial charge in [-0.05, 0) is 54.2 Å². The number of hydrogen-bond donors (Lipinski definition) is 1. The second kappa shape index (κ2) is 9.31. The number of nitrogens with one attached hydrogen (secondary N) is 1. The van der Waals surface area contributed by atoms with Crippen molar-refractivity contribution in [3.05, 3.63) is 65.4 Å². The zero-order valence-electron chi connectivity index (χ0n) is 16.7. The molecule has 0 aromatic heterocycles. The van der Waals surface area contributed by atoms with Gasteiger partial charge in [0.25, 0.3) is 0 Å². The van der Waals surface area contributed by atoms with E-state index in [-0.39, 0.29) is 11.7 Å².